The number of halogens is 1. The Morgan fingerprint density at radius 3 is 2.40 bits per heavy atom. The van der Waals surface area contributed by atoms with E-state index >= 15 is 0 Å². The Morgan fingerprint density at radius 1 is 1.00 bits per heavy atom. The maximum atomic E-state index is 11.1. The van der Waals surface area contributed by atoms with E-state index in [-0.39, 0.29) is 5.91 Å². The minimum Gasteiger partial charge on any atom is -0.493 e. The van der Waals surface area contributed by atoms with Crippen LogP contribution in [0.25, 0.3) is 0 Å². The van der Waals surface area contributed by atoms with Crippen LogP contribution in [-0.2, 0) is 17.9 Å². The highest BCUT2D eigenvalue weighted by molar-refractivity contribution is 9.10. The molecule has 0 aromatic heterocycles. The third kappa shape index (κ3) is 6.00. The van der Waals surface area contributed by atoms with Crippen molar-refractivity contribution in [1.29, 1.82) is 0 Å². The van der Waals surface area contributed by atoms with Gasteiger partial charge in [0.25, 0.3) is 0 Å². The topological polar surface area (TPSA) is 59.6 Å². The van der Waals surface area contributed by atoms with Crippen molar-refractivity contribution in [2.24, 2.45) is 0 Å². The molecule has 2 N–H and O–H groups in total. The van der Waals surface area contributed by atoms with Gasteiger partial charge in [-0.15, -0.1) is 0 Å². The van der Waals surface area contributed by atoms with Gasteiger partial charge in [0, 0.05) is 24.8 Å². The summed E-state index contributed by atoms with van der Waals surface area (Å²) in [5.41, 5.74) is 5.09. The van der Waals surface area contributed by atoms with Crippen molar-refractivity contribution in [3.05, 3.63) is 81.8 Å². The lowest BCUT2D eigenvalue weighted by atomic mass is 10.1. The van der Waals surface area contributed by atoms with Gasteiger partial charge in [-0.2, -0.15) is 0 Å². The average Bonchev–Trinajstić information content (AvgIpc) is 2.71. The Labute approximate surface area is 185 Å². The third-order valence-corrected chi connectivity index (χ3v) is 5.05. The molecule has 0 saturated carbocycles. The fourth-order valence-electron chi connectivity index (χ4n) is 3.05. The van der Waals surface area contributed by atoms with Gasteiger partial charge in [-0.25, -0.2) is 0 Å². The van der Waals surface area contributed by atoms with Crippen molar-refractivity contribution in [1.82, 2.24) is 0 Å². The number of aryl methyl sites for hydroxylation is 1. The first-order valence-electron chi connectivity index (χ1n) is 9.61. The lowest BCUT2D eigenvalue weighted by Gasteiger charge is -2.15. The van der Waals surface area contributed by atoms with Crippen LogP contribution in [0.5, 0.6) is 11.5 Å². The van der Waals surface area contributed by atoms with Crippen molar-refractivity contribution < 1.29 is 14.3 Å². The first kappa shape index (κ1) is 21.7. The Bertz CT molecular complexity index is 1020. The van der Waals surface area contributed by atoms with Gasteiger partial charge in [0.2, 0.25) is 5.91 Å². The maximum absolute atomic E-state index is 11.1. The van der Waals surface area contributed by atoms with Gasteiger partial charge < -0.3 is 20.1 Å². The van der Waals surface area contributed by atoms with Crippen LogP contribution < -0.4 is 20.1 Å². The van der Waals surface area contributed by atoms with Crippen LogP contribution in [0.1, 0.15) is 23.6 Å². The molecule has 0 spiro atoms. The Kier molecular flexibility index (Phi) is 7.36. The molecule has 0 aliphatic rings. The largest absolute Gasteiger partial charge is 0.493 e. The zero-order chi connectivity index (χ0) is 21.5. The van der Waals surface area contributed by atoms with Gasteiger partial charge in [-0.1, -0.05) is 29.8 Å². The van der Waals surface area contributed by atoms with Crippen LogP contribution in [0.2, 0.25) is 0 Å². The number of ether oxygens (including phenoxy) is 2. The molecular weight excluding hydrogens is 444 g/mol. The highest BCUT2D eigenvalue weighted by Gasteiger charge is 2.12. The molecule has 0 aliphatic heterocycles. The molecule has 3 aromatic carbocycles. The van der Waals surface area contributed by atoms with E-state index in [0.29, 0.717) is 24.7 Å². The monoisotopic (exact) mass is 468 g/mol. The van der Waals surface area contributed by atoms with Crippen molar-refractivity contribution >= 4 is 33.2 Å². The molecule has 0 radical (unpaired) electrons. The van der Waals surface area contributed by atoms with Crippen LogP contribution >= 0.6 is 15.9 Å². The standard InChI is InChI=1S/C24H25BrN2O3/c1-16-5-4-6-18(11-16)15-30-24-22(25)12-19(13-23(24)29-3)14-26-20-7-9-21(10-8-20)27-17(2)28/h4-13,26H,14-15H2,1-3H3,(H,27,28). The summed E-state index contributed by atoms with van der Waals surface area (Å²) in [7, 11) is 1.64. The second kappa shape index (κ2) is 10.2. The van der Waals surface area contributed by atoms with E-state index in [1.165, 1.54) is 12.5 Å². The Hall–Kier alpha value is -2.99. The maximum Gasteiger partial charge on any atom is 0.221 e. The number of methoxy groups -OCH3 is 1. The van der Waals surface area contributed by atoms with Crippen LogP contribution in [0.15, 0.2) is 65.1 Å². The van der Waals surface area contributed by atoms with E-state index in [2.05, 4.69) is 45.6 Å². The van der Waals surface area contributed by atoms with Crippen LogP contribution in [0.4, 0.5) is 11.4 Å². The van der Waals surface area contributed by atoms with Crippen molar-refractivity contribution in [2.45, 2.75) is 27.0 Å². The highest BCUT2D eigenvalue weighted by atomic mass is 79.9. The fraction of sp³-hybridized carbons (Fsp3) is 0.208. The summed E-state index contributed by atoms with van der Waals surface area (Å²) < 4.78 is 12.4. The summed E-state index contributed by atoms with van der Waals surface area (Å²) in [6.45, 7) is 4.64. The molecule has 0 unspecified atom stereocenters. The van der Waals surface area contributed by atoms with Crippen LogP contribution in [-0.4, -0.2) is 13.0 Å². The molecule has 30 heavy (non-hydrogen) atoms. The third-order valence-electron chi connectivity index (χ3n) is 4.46. The summed E-state index contributed by atoms with van der Waals surface area (Å²) in [6.07, 6.45) is 0. The minimum atomic E-state index is -0.0858. The molecule has 0 fully saturated rings. The number of nitrogens with one attached hydrogen (secondary N) is 2. The van der Waals surface area contributed by atoms with Gasteiger partial charge in [0.1, 0.15) is 6.61 Å². The number of hydrogen-bond acceptors (Lipinski definition) is 4. The quantitative estimate of drug-likeness (QED) is 0.430. The lowest BCUT2D eigenvalue weighted by molar-refractivity contribution is -0.114. The van der Waals surface area contributed by atoms with E-state index in [1.54, 1.807) is 7.11 Å². The second-order valence-corrected chi connectivity index (χ2v) is 7.85. The zero-order valence-electron chi connectivity index (χ0n) is 17.3. The Morgan fingerprint density at radius 2 is 1.73 bits per heavy atom. The summed E-state index contributed by atoms with van der Waals surface area (Å²) >= 11 is 3.61. The molecule has 5 nitrogen and oxygen atoms in total. The first-order valence-corrected chi connectivity index (χ1v) is 10.4. The van der Waals surface area contributed by atoms with E-state index in [9.17, 15) is 4.79 Å². The summed E-state index contributed by atoms with van der Waals surface area (Å²) in [5, 5.41) is 6.13. The molecule has 0 saturated heterocycles. The van der Waals surface area contributed by atoms with Gasteiger partial charge >= 0.3 is 0 Å². The fourth-order valence-corrected chi connectivity index (χ4v) is 3.66. The molecule has 0 heterocycles. The number of amides is 1. The molecule has 156 valence electrons. The zero-order valence-corrected chi connectivity index (χ0v) is 18.9. The van der Waals surface area contributed by atoms with E-state index < -0.39 is 0 Å². The molecular formula is C24H25BrN2O3. The molecule has 3 rings (SSSR count). The molecule has 0 atom stereocenters. The number of hydrogen-bond donors (Lipinski definition) is 2. The Balaban J connectivity index is 1.66. The summed E-state index contributed by atoms with van der Waals surface area (Å²) in [6, 6.07) is 19.8. The van der Waals surface area contributed by atoms with Gasteiger partial charge in [-0.05, 0) is 70.4 Å². The number of carbonyl (C=O) groups excluding carboxylic acids is 1. The van der Waals surface area contributed by atoms with Crippen molar-refractivity contribution in [3.63, 3.8) is 0 Å². The number of carbonyl (C=O) groups is 1. The lowest BCUT2D eigenvalue weighted by Crippen LogP contribution is -2.06. The molecule has 6 heteroatoms. The van der Waals surface area contributed by atoms with Gasteiger partial charge in [0.15, 0.2) is 11.5 Å². The summed E-state index contributed by atoms with van der Waals surface area (Å²) in [4.78, 5) is 11.1. The predicted octanol–water partition coefficient (Wildman–Crippen LogP) is 5.92. The van der Waals surface area contributed by atoms with Crippen LogP contribution in [0.3, 0.4) is 0 Å². The van der Waals surface area contributed by atoms with Gasteiger partial charge in [-0.3, -0.25) is 4.79 Å². The predicted molar refractivity (Wildman–Crippen MR) is 124 cm³/mol. The molecule has 0 aliphatic carbocycles. The van der Waals surface area contributed by atoms with Crippen molar-refractivity contribution in [3.8, 4) is 11.5 Å². The van der Waals surface area contributed by atoms with E-state index in [4.69, 9.17) is 9.47 Å². The number of anilines is 2. The highest BCUT2D eigenvalue weighted by Crippen LogP contribution is 2.37. The smallest absolute Gasteiger partial charge is 0.221 e. The molecule has 0 bridgehead atoms. The normalized spacial score (nSPS) is 10.4. The minimum absolute atomic E-state index is 0.0858. The SMILES string of the molecule is COc1cc(CNc2ccc(NC(C)=O)cc2)cc(Br)c1OCc1cccc(C)c1. The van der Waals surface area contributed by atoms with Crippen LogP contribution in [0, 0.1) is 6.92 Å². The first-order chi connectivity index (χ1) is 14.4. The summed E-state index contributed by atoms with van der Waals surface area (Å²) in [5.74, 6) is 1.27. The number of benzene rings is 3. The number of rotatable bonds is 8. The average molecular weight is 469 g/mol. The molecule has 3 aromatic rings. The van der Waals surface area contributed by atoms with E-state index in [1.807, 2.05) is 48.5 Å². The van der Waals surface area contributed by atoms with Crippen molar-refractivity contribution in [2.75, 3.05) is 17.7 Å². The second-order valence-electron chi connectivity index (χ2n) is 7.00. The van der Waals surface area contributed by atoms with Gasteiger partial charge in [0.05, 0.1) is 11.6 Å². The molecule has 1 amide bonds. The van der Waals surface area contributed by atoms with E-state index in [0.717, 1.165) is 27.0 Å².